The van der Waals surface area contributed by atoms with E-state index in [-0.39, 0.29) is 24.5 Å². The number of nitrogens with one attached hydrogen (secondary N) is 3. The van der Waals surface area contributed by atoms with Crippen LogP contribution in [0.1, 0.15) is 33.6 Å². The number of aromatic amines is 1. The van der Waals surface area contributed by atoms with E-state index in [0.29, 0.717) is 12.4 Å². The molecule has 0 radical (unpaired) electrons. The summed E-state index contributed by atoms with van der Waals surface area (Å²) in [5.41, 5.74) is 5.26. The van der Waals surface area contributed by atoms with Gasteiger partial charge in [-0.1, -0.05) is 13.8 Å². The summed E-state index contributed by atoms with van der Waals surface area (Å²) in [5.74, 6) is -0.519. The standard InChI is InChI=1S/C15H23N5O5/c1-4-9(21)24-7(3)12(25-10(22)5-2)8-6-17-13-11(18-8)14(23)20-15(16)19-13/h7-8,12,18H,4-6H2,1-3H3,(H4,16,17,19,20,23)/t7-,8+,12-/m0/s1. The monoisotopic (exact) mass is 353 g/mol. The summed E-state index contributed by atoms with van der Waals surface area (Å²) in [4.78, 5) is 41.8. The molecule has 1 aromatic rings. The molecule has 1 aromatic heterocycles. The van der Waals surface area contributed by atoms with Gasteiger partial charge in [0.1, 0.15) is 11.8 Å². The third-order valence-electron chi connectivity index (χ3n) is 3.78. The molecule has 1 aliphatic heterocycles. The molecule has 5 N–H and O–H groups in total. The molecule has 3 atom stereocenters. The van der Waals surface area contributed by atoms with Crippen LogP contribution in [0.15, 0.2) is 4.79 Å². The average Bonchev–Trinajstić information content (AvgIpc) is 2.58. The number of nitrogens with zero attached hydrogens (tertiary/aromatic N) is 1. The molecule has 0 saturated carbocycles. The summed E-state index contributed by atoms with van der Waals surface area (Å²) in [6.07, 6.45) is -1.08. The van der Waals surface area contributed by atoms with E-state index < -0.39 is 35.7 Å². The maximum Gasteiger partial charge on any atom is 0.305 e. The number of nitrogens with two attached hydrogens (primary N) is 1. The first-order chi connectivity index (χ1) is 11.8. The Bertz CT molecular complexity index is 704. The van der Waals surface area contributed by atoms with E-state index in [1.165, 1.54) is 0 Å². The Hall–Kier alpha value is -2.78. The van der Waals surface area contributed by atoms with Crippen molar-refractivity contribution in [2.75, 3.05) is 22.9 Å². The molecule has 0 saturated heterocycles. The van der Waals surface area contributed by atoms with E-state index in [1.807, 2.05) is 0 Å². The Morgan fingerprint density at radius 3 is 2.56 bits per heavy atom. The lowest BCUT2D eigenvalue weighted by Crippen LogP contribution is -2.51. The number of fused-ring (bicyclic) bond motifs is 1. The Morgan fingerprint density at radius 1 is 1.28 bits per heavy atom. The lowest BCUT2D eigenvalue weighted by molar-refractivity contribution is -0.167. The molecular weight excluding hydrogens is 330 g/mol. The van der Waals surface area contributed by atoms with Crippen molar-refractivity contribution in [3.8, 4) is 0 Å². The minimum absolute atomic E-state index is 0.00398. The van der Waals surface area contributed by atoms with Crippen molar-refractivity contribution >= 4 is 29.4 Å². The third kappa shape index (κ3) is 4.40. The van der Waals surface area contributed by atoms with Gasteiger partial charge >= 0.3 is 11.9 Å². The van der Waals surface area contributed by atoms with Gasteiger partial charge in [-0.3, -0.25) is 19.4 Å². The minimum atomic E-state index is -0.777. The van der Waals surface area contributed by atoms with Gasteiger partial charge in [-0.2, -0.15) is 4.98 Å². The number of hydrogen-bond donors (Lipinski definition) is 4. The van der Waals surface area contributed by atoms with Gasteiger partial charge in [0.2, 0.25) is 5.95 Å². The third-order valence-corrected chi connectivity index (χ3v) is 3.78. The molecule has 0 amide bonds. The normalized spacial score (nSPS) is 18.1. The maximum absolute atomic E-state index is 12.1. The van der Waals surface area contributed by atoms with Crippen LogP contribution in [0.5, 0.6) is 0 Å². The van der Waals surface area contributed by atoms with Crippen molar-refractivity contribution in [1.29, 1.82) is 0 Å². The molecule has 0 spiro atoms. The van der Waals surface area contributed by atoms with Crippen LogP contribution in [0.2, 0.25) is 0 Å². The average molecular weight is 353 g/mol. The van der Waals surface area contributed by atoms with Crippen LogP contribution >= 0.6 is 0 Å². The predicted octanol–water partition coefficient (Wildman–Crippen LogP) is 0.222. The highest BCUT2D eigenvalue weighted by atomic mass is 16.6. The molecule has 1 aliphatic rings. The number of rotatable bonds is 6. The van der Waals surface area contributed by atoms with Crippen LogP contribution < -0.4 is 21.9 Å². The Kier molecular flexibility index (Phi) is 5.84. The summed E-state index contributed by atoms with van der Waals surface area (Å²) in [6, 6.07) is -0.491. The van der Waals surface area contributed by atoms with Gasteiger partial charge in [-0.25, -0.2) is 0 Å². The lowest BCUT2D eigenvalue weighted by Gasteiger charge is -2.35. The predicted molar refractivity (Wildman–Crippen MR) is 91.2 cm³/mol. The smallest absolute Gasteiger partial charge is 0.305 e. The number of carbonyl (C=O) groups is 2. The van der Waals surface area contributed by atoms with E-state index in [1.54, 1.807) is 20.8 Å². The maximum atomic E-state index is 12.1. The zero-order valence-corrected chi connectivity index (χ0v) is 14.4. The molecule has 2 heterocycles. The minimum Gasteiger partial charge on any atom is -0.459 e. The van der Waals surface area contributed by atoms with Gasteiger partial charge in [0.05, 0.1) is 6.04 Å². The number of carbonyl (C=O) groups excluding carboxylic acids is 2. The molecular formula is C15H23N5O5. The van der Waals surface area contributed by atoms with Crippen molar-refractivity contribution in [2.24, 2.45) is 0 Å². The molecule has 10 heteroatoms. The van der Waals surface area contributed by atoms with E-state index >= 15 is 0 Å². The quantitative estimate of drug-likeness (QED) is 0.527. The molecule has 0 aromatic carbocycles. The number of anilines is 3. The fourth-order valence-electron chi connectivity index (χ4n) is 2.49. The van der Waals surface area contributed by atoms with E-state index in [0.717, 1.165) is 0 Å². The first kappa shape index (κ1) is 18.6. The second-order valence-electron chi connectivity index (χ2n) is 5.66. The first-order valence-corrected chi connectivity index (χ1v) is 8.14. The van der Waals surface area contributed by atoms with Crippen LogP contribution in [0.25, 0.3) is 0 Å². The van der Waals surface area contributed by atoms with Gasteiger partial charge in [-0.15, -0.1) is 0 Å². The SMILES string of the molecule is CCC(=O)O[C@@H]([C@H](C)OC(=O)CC)[C@H]1CNc2nc(N)[nH]c(=O)c2N1. The number of aromatic nitrogens is 2. The Balaban J connectivity index is 2.23. The summed E-state index contributed by atoms with van der Waals surface area (Å²) >= 11 is 0. The lowest BCUT2D eigenvalue weighted by atomic mass is 10.0. The summed E-state index contributed by atoms with van der Waals surface area (Å²) in [7, 11) is 0. The van der Waals surface area contributed by atoms with Crippen molar-refractivity contribution in [3.05, 3.63) is 10.4 Å². The Morgan fingerprint density at radius 2 is 1.92 bits per heavy atom. The number of nitrogen functional groups attached to an aromatic ring is 1. The van der Waals surface area contributed by atoms with Crippen LogP contribution in [0.4, 0.5) is 17.5 Å². The molecule has 138 valence electrons. The van der Waals surface area contributed by atoms with Crippen LogP contribution in [0, 0.1) is 0 Å². The second-order valence-corrected chi connectivity index (χ2v) is 5.66. The number of ether oxygens (including phenoxy) is 2. The van der Waals surface area contributed by atoms with E-state index in [2.05, 4.69) is 20.6 Å². The topological polar surface area (TPSA) is 148 Å². The zero-order chi connectivity index (χ0) is 18.6. The highest BCUT2D eigenvalue weighted by molar-refractivity contribution is 5.71. The molecule has 25 heavy (non-hydrogen) atoms. The molecule has 2 rings (SSSR count). The molecule has 10 nitrogen and oxygen atoms in total. The summed E-state index contributed by atoms with van der Waals surface area (Å²) in [5, 5.41) is 5.98. The van der Waals surface area contributed by atoms with Crippen molar-refractivity contribution < 1.29 is 19.1 Å². The zero-order valence-electron chi connectivity index (χ0n) is 14.4. The fraction of sp³-hybridized carbons (Fsp3) is 0.600. The van der Waals surface area contributed by atoms with Gasteiger partial charge in [0.25, 0.3) is 5.56 Å². The highest BCUT2D eigenvalue weighted by Gasteiger charge is 2.36. The van der Waals surface area contributed by atoms with Crippen LogP contribution in [0.3, 0.4) is 0 Å². The van der Waals surface area contributed by atoms with Gasteiger partial charge in [-0.05, 0) is 6.92 Å². The first-order valence-electron chi connectivity index (χ1n) is 8.14. The molecule has 0 unspecified atom stereocenters. The number of hydrogen-bond acceptors (Lipinski definition) is 9. The number of esters is 2. The Labute approximate surface area is 144 Å². The molecule has 0 bridgehead atoms. The van der Waals surface area contributed by atoms with E-state index in [9.17, 15) is 14.4 Å². The molecule has 0 aliphatic carbocycles. The second kappa shape index (κ2) is 7.86. The van der Waals surface area contributed by atoms with Gasteiger partial charge in [0.15, 0.2) is 11.9 Å². The van der Waals surface area contributed by atoms with Crippen LogP contribution in [-0.4, -0.2) is 46.7 Å². The van der Waals surface area contributed by atoms with Gasteiger partial charge < -0.3 is 25.8 Å². The van der Waals surface area contributed by atoms with Crippen molar-refractivity contribution in [1.82, 2.24) is 9.97 Å². The van der Waals surface area contributed by atoms with E-state index in [4.69, 9.17) is 15.2 Å². The van der Waals surface area contributed by atoms with Gasteiger partial charge in [0, 0.05) is 19.4 Å². The fourth-order valence-corrected chi connectivity index (χ4v) is 2.49. The largest absolute Gasteiger partial charge is 0.459 e. The summed E-state index contributed by atoms with van der Waals surface area (Å²) < 4.78 is 10.7. The van der Waals surface area contributed by atoms with Crippen molar-refractivity contribution in [2.45, 2.75) is 51.9 Å². The summed E-state index contributed by atoms with van der Waals surface area (Å²) in [6.45, 7) is 5.29. The number of H-pyrrole nitrogens is 1. The highest BCUT2D eigenvalue weighted by Crippen LogP contribution is 2.24. The van der Waals surface area contributed by atoms with Crippen LogP contribution in [-0.2, 0) is 19.1 Å². The molecule has 0 fully saturated rings. The van der Waals surface area contributed by atoms with Crippen molar-refractivity contribution in [3.63, 3.8) is 0 Å².